The average molecular weight is 439 g/mol. The topological polar surface area (TPSA) is 115 Å². The lowest BCUT2D eigenvalue weighted by Gasteiger charge is -2.33. The number of alkyl halides is 1. The molecule has 2 amide bonds. The first-order valence-electron chi connectivity index (χ1n) is 10.9. The van der Waals surface area contributed by atoms with Gasteiger partial charge in [-0.1, -0.05) is 0 Å². The Morgan fingerprint density at radius 1 is 1.28 bits per heavy atom. The number of hydrogen-bond acceptors (Lipinski definition) is 6. The molecule has 2 aliphatic heterocycles. The van der Waals surface area contributed by atoms with Crippen molar-refractivity contribution in [3.8, 4) is 6.07 Å². The quantitative estimate of drug-likeness (QED) is 0.738. The van der Waals surface area contributed by atoms with E-state index in [4.69, 9.17) is 11.0 Å². The number of nitrogens with one attached hydrogen (secondary N) is 1. The van der Waals surface area contributed by atoms with Crippen LogP contribution in [0.3, 0.4) is 0 Å². The second-order valence-corrected chi connectivity index (χ2v) is 8.59. The van der Waals surface area contributed by atoms with Gasteiger partial charge in [0.1, 0.15) is 12.2 Å². The third-order valence-electron chi connectivity index (χ3n) is 6.29. The molecule has 0 bridgehead atoms. The van der Waals surface area contributed by atoms with Crippen molar-refractivity contribution in [2.24, 2.45) is 5.73 Å². The Bertz CT molecular complexity index is 1080. The lowest BCUT2D eigenvalue weighted by Crippen LogP contribution is -2.46. The molecule has 2 aliphatic rings. The first-order chi connectivity index (χ1) is 15.4. The van der Waals surface area contributed by atoms with Gasteiger partial charge in [-0.25, -0.2) is 4.39 Å². The van der Waals surface area contributed by atoms with Crippen molar-refractivity contribution >= 4 is 28.4 Å². The highest BCUT2D eigenvalue weighted by molar-refractivity contribution is 6.08. The van der Waals surface area contributed by atoms with Crippen LogP contribution in [0.5, 0.6) is 0 Å². The Balaban J connectivity index is 1.38. The zero-order valence-electron chi connectivity index (χ0n) is 18.1. The molecule has 4 rings (SSSR count). The van der Waals surface area contributed by atoms with Gasteiger partial charge >= 0.3 is 0 Å². The molecule has 2 atom stereocenters. The summed E-state index contributed by atoms with van der Waals surface area (Å²) in [7, 11) is 0. The van der Waals surface area contributed by atoms with E-state index in [9.17, 15) is 14.0 Å². The number of anilines is 1. The zero-order chi connectivity index (χ0) is 22.8. The summed E-state index contributed by atoms with van der Waals surface area (Å²) in [5.41, 5.74) is 8.21. The minimum absolute atomic E-state index is 0.0109. The number of primary amides is 1. The molecule has 2 fully saturated rings. The molecule has 168 valence electrons. The average Bonchev–Trinajstić information content (AvgIpc) is 3.15. The summed E-state index contributed by atoms with van der Waals surface area (Å²) in [4.78, 5) is 32.3. The van der Waals surface area contributed by atoms with Crippen LogP contribution in [0.4, 0.5) is 10.1 Å². The molecule has 1 aromatic heterocycles. The monoisotopic (exact) mass is 438 g/mol. The highest BCUT2D eigenvalue weighted by atomic mass is 19.1. The van der Waals surface area contributed by atoms with Crippen molar-refractivity contribution < 1.29 is 14.0 Å². The van der Waals surface area contributed by atoms with Crippen molar-refractivity contribution in [2.45, 2.75) is 44.4 Å². The van der Waals surface area contributed by atoms with Gasteiger partial charge in [-0.15, -0.1) is 0 Å². The van der Waals surface area contributed by atoms with Gasteiger partial charge in [0.05, 0.1) is 30.2 Å². The van der Waals surface area contributed by atoms with Gasteiger partial charge in [0.15, 0.2) is 0 Å². The van der Waals surface area contributed by atoms with Crippen molar-refractivity contribution in [3.63, 3.8) is 0 Å². The van der Waals surface area contributed by atoms with E-state index in [1.807, 2.05) is 31.2 Å². The van der Waals surface area contributed by atoms with Crippen molar-refractivity contribution in [3.05, 3.63) is 35.5 Å². The molecule has 9 heteroatoms. The smallest absolute Gasteiger partial charge is 0.250 e. The molecule has 0 saturated carbocycles. The van der Waals surface area contributed by atoms with Gasteiger partial charge < -0.3 is 16.0 Å². The number of amides is 2. The molecule has 0 radical (unpaired) electrons. The summed E-state index contributed by atoms with van der Waals surface area (Å²) < 4.78 is 13.6. The third kappa shape index (κ3) is 4.50. The molecule has 8 nitrogen and oxygen atoms in total. The Morgan fingerprint density at radius 2 is 2.03 bits per heavy atom. The first kappa shape index (κ1) is 22.0. The van der Waals surface area contributed by atoms with E-state index in [1.165, 1.54) is 4.90 Å². The molecular formula is C23H27FN6O2. The van der Waals surface area contributed by atoms with E-state index in [0.29, 0.717) is 11.1 Å². The number of benzene rings is 1. The van der Waals surface area contributed by atoms with E-state index in [-0.39, 0.29) is 31.5 Å². The molecule has 0 unspecified atom stereocenters. The van der Waals surface area contributed by atoms with Crippen LogP contribution in [0.15, 0.2) is 24.3 Å². The number of aryl methyl sites for hydroxylation is 1. The predicted molar refractivity (Wildman–Crippen MR) is 119 cm³/mol. The summed E-state index contributed by atoms with van der Waals surface area (Å²) in [6.07, 6.45) is 0.649. The SMILES string of the molecule is Cc1ccc2c(NC3CCN(CC(=O)N4C[C@@H](F)C[C@H]4C#N)CC3)ccc(C(N)=O)c2n1. The minimum Gasteiger partial charge on any atom is -0.382 e. The molecule has 3 heterocycles. The Kier molecular flexibility index (Phi) is 6.24. The van der Waals surface area contributed by atoms with Crippen LogP contribution in [-0.2, 0) is 4.79 Å². The number of rotatable bonds is 5. The standard InChI is InChI=1S/C23H27FN6O2/c1-14-2-3-18-20(5-4-19(23(26)32)22(18)27-14)28-16-6-8-29(9-7-16)13-21(31)30-12-15(24)10-17(30)11-25/h2-5,15-17,28H,6-10,12-13H2,1H3,(H2,26,32)/t15-,17-/m0/s1. The number of halogens is 1. The van der Waals surface area contributed by atoms with E-state index >= 15 is 0 Å². The molecule has 2 aromatic rings. The highest BCUT2D eigenvalue weighted by Gasteiger charge is 2.36. The second-order valence-electron chi connectivity index (χ2n) is 8.59. The van der Waals surface area contributed by atoms with Gasteiger partial charge in [0.25, 0.3) is 5.91 Å². The number of pyridine rings is 1. The highest BCUT2D eigenvalue weighted by Crippen LogP contribution is 2.28. The Hall–Kier alpha value is -3.25. The second kappa shape index (κ2) is 9.09. The zero-order valence-corrected chi connectivity index (χ0v) is 18.1. The van der Waals surface area contributed by atoms with Crippen LogP contribution in [-0.4, -0.2) is 71.0 Å². The Morgan fingerprint density at radius 3 is 2.72 bits per heavy atom. The van der Waals surface area contributed by atoms with Gasteiger partial charge in [-0.3, -0.25) is 19.5 Å². The number of hydrogen-bond donors (Lipinski definition) is 2. The molecule has 0 spiro atoms. The minimum atomic E-state index is -1.12. The van der Waals surface area contributed by atoms with Crippen LogP contribution in [0.25, 0.3) is 10.9 Å². The molecule has 0 aliphatic carbocycles. The molecule has 32 heavy (non-hydrogen) atoms. The number of carbonyl (C=O) groups is 2. The number of fused-ring (bicyclic) bond motifs is 1. The first-order valence-corrected chi connectivity index (χ1v) is 10.9. The van der Waals surface area contributed by atoms with Crippen LogP contribution >= 0.6 is 0 Å². The van der Waals surface area contributed by atoms with Gasteiger partial charge in [-0.2, -0.15) is 5.26 Å². The molecule has 3 N–H and O–H groups in total. The van der Waals surface area contributed by atoms with Crippen molar-refractivity contribution in [1.82, 2.24) is 14.8 Å². The van der Waals surface area contributed by atoms with Gasteiger partial charge in [0.2, 0.25) is 5.91 Å². The van der Waals surface area contributed by atoms with E-state index < -0.39 is 18.1 Å². The summed E-state index contributed by atoms with van der Waals surface area (Å²) >= 11 is 0. The molecule has 2 saturated heterocycles. The maximum absolute atomic E-state index is 13.6. The van der Waals surface area contributed by atoms with Crippen LogP contribution in [0, 0.1) is 18.3 Å². The number of carbonyl (C=O) groups excluding carboxylic acids is 2. The normalized spacial score (nSPS) is 22.1. The maximum atomic E-state index is 13.6. The van der Waals surface area contributed by atoms with Gasteiger partial charge in [-0.05, 0) is 44.0 Å². The van der Waals surface area contributed by atoms with E-state index in [2.05, 4.69) is 15.2 Å². The van der Waals surface area contributed by atoms with E-state index in [1.54, 1.807) is 6.07 Å². The number of likely N-dealkylation sites (tertiary alicyclic amines) is 2. The Labute approximate surface area is 186 Å². The number of piperidine rings is 1. The van der Waals surface area contributed by atoms with Crippen LogP contribution < -0.4 is 11.1 Å². The number of aromatic nitrogens is 1. The fourth-order valence-corrected chi connectivity index (χ4v) is 4.56. The lowest BCUT2D eigenvalue weighted by atomic mass is 10.0. The van der Waals surface area contributed by atoms with Gasteiger partial charge in [0, 0.05) is 42.3 Å². The number of nitrogens with two attached hydrogens (primary N) is 1. The third-order valence-corrected chi connectivity index (χ3v) is 6.29. The maximum Gasteiger partial charge on any atom is 0.250 e. The van der Waals surface area contributed by atoms with Crippen molar-refractivity contribution in [2.75, 3.05) is 31.5 Å². The number of nitrogens with zero attached hydrogens (tertiary/aromatic N) is 4. The fourth-order valence-electron chi connectivity index (χ4n) is 4.56. The van der Waals surface area contributed by atoms with Crippen molar-refractivity contribution in [1.29, 1.82) is 5.26 Å². The molecule has 1 aromatic carbocycles. The lowest BCUT2D eigenvalue weighted by molar-refractivity contribution is -0.132. The fraction of sp³-hybridized carbons (Fsp3) is 0.478. The largest absolute Gasteiger partial charge is 0.382 e. The molecular weight excluding hydrogens is 411 g/mol. The van der Waals surface area contributed by atoms with E-state index in [0.717, 1.165) is 42.7 Å². The number of nitriles is 1. The predicted octanol–water partition coefficient (Wildman–Crippen LogP) is 1.98. The van der Waals surface area contributed by atoms with Crippen LogP contribution in [0.1, 0.15) is 35.3 Å². The summed E-state index contributed by atoms with van der Waals surface area (Å²) in [5, 5.41) is 13.6. The summed E-state index contributed by atoms with van der Waals surface area (Å²) in [6, 6.07) is 8.98. The summed E-state index contributed by atoms with van der Waals surface area (Å²) in [6.45, 7) is 3.54. The summed E-state index contributed by atoms with van der Waals surface area (Å²) in [5.74, 6) is -0.689. The van der Waals surface area contributed by atoms with Crippen LogP contribution in [0.2, 0.25) is 0 Å².